The van der Waals surface area contributed by atoms with Gasteiger partial charge in [0.25, 0.3) is 0 Å². The van der Waals surface area contributed by atoms with E-state index >= 15 is 0 Å². The molecule has 3 aliphatic rings. The first-order valence-electron chi connectivity index (χ1n) is 13.0. The summed E-state index contributed by atoms with van der Waals surface area (Å²) in [5, 5.41) is 13.6. The molecule has 2 amide bonds. The zero-order valence-electron chi connectivity index (χ0n) is 21.3. The number of amides is 2. The van der Waals surface area contributed by atoms with Crippen LogP contribution in [0.3, 0.4) is 0 Å². The molecular weight excluding hydrogens is 488 g/mol. The Labute approximate surface area is 222 Å². The summed E-state index contributed by atoms with van der Waals surface area (Å²) in [7, 11) is 0. The molecule has 3 saturated heterocycles. The summed E-state index contributed by atoms with van der Waals surface area (Å²) in [4.78, 5) is 43.0. The van der Waals surface area contributed by atoms with Crippen LogP contribution >= 0.6 is 11.8 Å². The first kappa shape index (κ1) is 25.8. The van der Waals surface area contributed by atoms with Gasteiger partial charge in [0, 0.05) is 11.3 Å². The highest BCUT2D eigenvalue weighted by atomic mass is 32.2. The van der Waals surface area contributed by atoms with Gasteiger partial charge in [-0.15, -0.1) is 11.8 Å². The van der Waals surface area contributed by atoms with Gasteiger partial charge < -0.3 is 20.1 Å². The normalized spacial score (nSPS) is 30.7. The molecule has 8 heteroatoms. The van der Waals surface area contributed by atoms with Crippen LogP contribution in [0.1, 0.15) is 37.8 Å². The number of carbonyl (C=O) groups excluding carboxylic acids is 3. The first-order chi connectivity index (χ1) is 17.8. The summed E-state index contributed by atoms with van der Waals surface area (Å²) in [6.07, 6.45) is 1.80. The molecule has 0 saturated carbocycles. The summed E-state index contributed by atoms with van der Waals surface area (Å²) >= 11 is 1.61. The Morgan fingerprint density at radius 3 is 2.38 bits per heavy atom. The number of nitrogens with one attached hydrogen (secondary N) is 1. The predicted octanol–water partition coefficient (Wildman–Crippen LogP) is 2.95. The molecule has 0 aromatic heterocycles. The molecule has 3 heterocycles. The highest BCUT2D eigenvalue weighted by molar-refractivity contribution is 8.02. The van der Waals surface area contributed by atoms with Crippen LogP contribution in [0.4, 0.5) is 0 Å². The molecule has 0 radical (unpaired) electrons. The third kappa shape index (κ3) is 4.34. The number of fused-ring (bicyclic) bond motifs is 1. The molecule has 37 heavy (non-hydrogen) atoms. The summed E-state index contributed by atoms with van der Waals surface area (Å²) in [5.74, 6) is -2.13. The number of benzene rings is 2. The zero-order valence-corrected chi connectivity index (χ0v) is 22.1. The quantitative estimate of drug-likeness (QED) is 0.492. The summed E-state index contributed by atoms with van der Waals surface area (Å²) in [5.41, 5.74) is 1.93. The molecule has 3 fully saturated rings. The SMILES string of the molecule is CCOC(=O)[C@@H]1[C@H]2C(=O)N([C@@H](CO)Cc3ccccc3)C(C(=O)NCc3ccccc3)C23CC[C@@]1(C)S3. The number of aliphatic hydroxyl groups is 1. The van der Waals surface area contributed by atoms with E-state index in [1.54, 1.807) is 23.6 Å². The van der Waals surface area contributed by atoms with Crippen LogP contribution in [0, 0.1) is 11.8 Å². The van der Waals surface area contributed by atoms with Crippen molar-refractivity contribution < 1.29 is 24.2 Å². The maximum Gasteiger partial charge on any atom is 0.311 e. The molecule has 2 bridgehead atoms. The van der Waals surface area contributed by atoms with Crippen LogP contribution in [-0.2, 0) is 32.1 Å². The average Bonchev–Trinajstić information content (AvgIpc) is 3.48. The molecule has 3 aliphatic heterocycles. The summed E-state index contributed by atoms with van der Waals surface area (Å²) in [6.45, 7) is 4.08. The van der Waals surface area contributed by atoms with Crippen LogP contribution < -0.4 is 5.32 Å². The third-order valence-corrected chi connectivity index (χ3v) is 10.2. The molecule has 1 spiro atoms. The predicted molar refractivity (Wildman–Crippen MR) is 142 cm³/mol. The maximum absolute atomic E-state index is 14.2. The number of hydrogen-bond donors (Lipinski definition) is 2. The van der Waals surface area contributed by atoms with E-state index < -0.39 is 33.4 Å². The van der Waals surface area contributed by atoms with Gasteiger partial charge in [-0.3, -0.25) is 14.4 Å². The van der Waals surface area contributed by atoms with Crippen molar-refractivity contribution in [1.82, 2.24) is 10.2 Å². The Kier molecular flexibility index (Phi) is 7.07. The zero-order chi connectivity index (χ0) is 26.2. The largest absolute Gasteiger partial charge is 0.466 e. The monoisotopic (exact) mass is 522 g/mol. The van der Waals surface area contributed by atoms with E-state index in [0.29, 0.717) is 19.4 Å². The molecule has 196 valence electrons. The molecule has 0 aliphatic carbocycles. The van der Waals surface area contributed by atoms with E-state index in [-0.39, 0.29) is 31.0 Å². The van der Waals surface area contributed by atoms with Gasteiger partial charge in [0.15, 0.2) is 0 Å². The topological polar surface area (TPSA) is 95.9 Å². The maximum atomic E-state index is 14.2. The fourth-order valence-corrected chi connectivity index (χ4v) is 9.00. The second kappa shape index (κ2) is 10.1. The highest BCUT2D eigenvalue weighted by Gasteiger charge is 2.77. The Morgan fingerprint density at radius 1 is 1.11 bits per heavy atom. The first-order valence-corrected chi connectivity index (χ1v) is 13.8. The van der Waals surface area contributed by atoms with E-state index in [2.05, 4.69) is 5.32 Å². The van der Waals surface area contributed by atoms with Gasteiger partial charge in [0.2, 0.25) is 11.8 Å². The van der Waals surface area contributed by atoms with Gasteiger partial charge in [0.1, 0.15) is 6.04 Å². The van der Waals surface area contributed by atoms with Gasteiger partial charge in [-0.1, -0.05) is 60.7 Å². The highest BCUT2D eigenvalue weighted by Crippen LogP contribution is 2.71. The summed E-state index contributed by atoms with van der Waals surface area (Å²) in [6, 6.07) is 17.9. The standard InChI is InChI=1S/C29H34N2O5S/c1-3-36-27(35)23-22-26(34)31(21(18-32)16-19-10-6-4-7-11-19)24(29(22)15-14-28(23,2)37-29)25(33)30-17-20-12-8-5-9-13-20/h4-13,21-24,32H,3,14-18H2,1-2H3,(H,30,33)/t21-,22+,23+,24?,28-,29?/m1/s1. The third-order valence-electron chi connectivity index (χ3n) is 8.23. The summed E-state index contributed by atoms with van der Waals surface area (Å²) < 4.78 is 4.23. The Hall–Kier alpha value is -2.84. The number of thioether (sulfide) groups is 1. The Morgan fingerprint density at radius 2 is 1.76 bits per heavy atom. The van der Waals surface area contributed by atoms with E-state index in [0.717, 1.165) is 17.5 Å². The lowest BCUT2D eigenvalue weighted by Crippen LogP contribution is -2.56. The van der Waals surface area contributed by atoms with Crippen LogP contribution in [0.25, 0.3) is 0 Å². The van der Waals surface area contributed by atoms with Crippen molar-refractivity contribution >= 4 is 29.5 Å². The molecule has 5 rings (SSSR count). The fraction of sp³-hybridized carbons (Fsp3) is 0.483. The van der Waals surface area contributed by atoms with Crippen molar-refractivity contribution in [3.8, 4) is 0 Å². The Bertz CT molecular complexity index is 1160. The van der Waals surface area contributed by atoms with Gasteiger partial charge >= 0.3 is 5.97 Å². The number of hydrogen-bond acceptors (Lipinski definition) is 6. The van der Waals surface area contributed by atoms with E-state index in [1.807, 2.05) is 67.6 Å². The number of ether oxygens (including phenoxy) is 1. The van der Waals surface area contributed by atoms with Crippen LogP contribution in [0.5, 0.6) is 0 Å². The fourth-order valence-electron chi connectivity index (χ4n) is 6.66. The van der Waals surface area contributed by atoms with Crippen molar-refractivity contribution in [2.75, 3.05) is 13.2 Å². The lowest BCUT2D eigenvalue weighted by atomic mass is 9.66. The number of aliphatic hydroxyl groups excluding tert-OH is 1. The van der Waals surface area contributed by atoms with Crippen molar-refractivity contribution in [2.45, 2.75) is 61.2 Å². The number of esters is 1. The van der Waals surface area contributed by atoms with E-state index in [1.165, 1.54) is 0 Å². The molecule has 6 atom stereocenters. The van der Waals surface area contributed by atoms with Gasteiger partial charge in [0.05, 0.1) is 35.8 Å². The van der Waals surface area contributed by atoms with Crippen LogP contribution in [-0.4, -0.2) is 62.6 Å². The lowest BCUT2D eigenvalue weighted by Gasteiger charge is -2.37. The number of likely N-dealkylation sites (tertiary alicyclic amines) is 1. The second-order valence-electron chi connectivity index (χ2n) is 10.5. The van der Waals surface area contributed by atoms with Crippen LogP contribution in [0.2, 0.25) is 0 Å². The van der Waals surface area contributed by atoms with Crippen molar-refractivity contribution in [2.24, 2.45) is 11.8 Å². The smallest absolute Gasteiger partial charge is 0.311 e. The molecular formula is C29H34N2O5S. The molecule has 2 aromatic rings. The number of rotatable bonds is 9. The minimum atomic E-state index is -0.791. The van der Waals surface area contributed by atoms with Gasteiger partial charge in [-0.05, 0) is 44.2 Å². The minimum Gasteiger partial charge on any atom is -0.466 e. The van der Waals surface area contributed by atoms with E-state index in [4.69, 9.17) is 4.74 Å². The average molecular weight is 523 g/mol. The molecule has 7 nitrogen and oxygen atoms in total. The van der Waals surface area contributed by atoms with Gasteiger partial charge in [-0.25, -0.2) is 0 Å². The van der Waals surface area contributed by atoms with Gasteiger partial charge in [-0.2, -0.15) is 0 Å². The van der Waals surface area contributed by atoms with Crippen molar-refractivity contribution in [3.05, 3.63) is 71.8 Å². The molecule has 2 N–H and O–H groups in total. The Balaban J connectivity index is 1.52. The van der Waals surface area contributed by atoms with Crippen molar-refractivity contribution in [1.29, 1.82) is 0 Å². The molecule has 2 unspecified atom stereocenters. The van der Waals surface area contributed by atoms with Crippen molar-refractivity contribution in [3.63, 3.8) is 0 Å². The molecule has 2 aromatic carbocycles. The second-order valence-corrected chi connectivity index (χ2v) is 12.4. The van der Waals surface area contributed by atoms with E-state index in [9.17, 15) is 19.5 Å². The lowest BCUT2D eigenvalue weighted by molar-refractivity contribution is -0.155. The number of nitrogens with zero attached hydrogens (tertiary/aromatic N) is 1. The number of carbonyl (C=O) groups is 3. The van der Waals surface area contributed by atoms with Crippen LogP contribution in [0.15, 0.2) is 60.7 Å². The minimum absolute atomic E-state index is 0.233.